The van der Waals surface area contributed by atoms with E-state index in [0.29, 0.717) is 0 Å². The molecule has 0 rings (SSSR count). The zero-order valence-electron chi connectivity index (χ0n) is 2.73. The van der Waals surface area contributed by atoms with E-state index in [1.807, 2.05) is 6.92 Å². The molecule has 1 nitrogen and oxygen atoms in total. The summed E-state index contributed by atoms with van der Waals surface area (Å²) in [4.78, 5) is 7.75. The number of hydrogen-bond acceptors (Lipinski definition) is 0. The van der Waals surface area contributed by atoms with Gasteiger partial charge >= 0.3 is 0 Å². The topological polar surface area (TPSA) is 21.4 Å². The lowest BCUT2D eigenvalue weighted by Gasteiger charge is -1.44. The molecule has 0 aromatic carbocycles. The van der Waals surface area contributed by atoms with Crippen molar-refractivity contribution in [3.05, 3.63) is 0 Å². The molecule has 0 unspecified atom stereocenters. The van der Waals surface area contributed by atoms with Crippen LogP contribution in [0.5, 0.6) is 0 Å². The maximum absolute atomic E-state index is 7.75. The van der Waals surface area contributed by atoms with E-state index in [-0.39, 0.29) is 0 Å². The van der Waals surface area contributed by atoms with Crippen LogP contribution in [0.2, 0.25) is 0 Å². The van der Waals surface area contributed by atoms with Crippen LogP contribution < -0.4 is 0 Å². The summed E-state index contributed by atoms with van der Waals surface area (Å²) in [5.41, 5.74) is 0. The quantitative estimate of drug-likeness (QED) is 0.311. The number of rotatable bonds is 1. The van der Waals surface area contributed by atoms with Crippen LogP contribution >= 0.6 is 0 Å². The molecule has 0 amide bonds. The van der Waals surface area contributed by atoms with E-state index in [4.69, 9.17) is 4.79 Å². The Morgan fingerprint density at radius 1 is 2.00 bits per heavy atom. The zero-order chi connectivity index (χ0) is 3.41. The lowest BCUT2D eigenvalue weighted by atomic mass is 10.6. The Kier molecular flexibility index (Phi) is 2.45. The minimum atomic E-state index is 0.750. The molecule has 0 saturated carbocycles. The summed E-state index contributed by atoms with van der Waals surface area (Å²) in [7, 11) is 0. The maximum atomic E-state index is 7.75. The second kappa shape index (κ2) is 2.67. The Bertz CT molecular complexity index is 17.2. The van der Waals surface area contributed by atoms with Gasteiger partial charge in [0.2, 0.25) is 0 Å². The van der Waals surface area contributed by atoms with Crippen molar-refractivity contribution < 1.29 is 4.79 Å². The van der Waals surface area contributed by atoms with E-state index >= 15 is 0 Å². The van der Waals surface area contributed by atoms with Gasteiger partial charge in [0.1, 0.15) is 0 Å². The Morgan fingerprint density at radius 3 is 2.25 bits per heavy atom. The molecule has 0 aromatic rings. The van der Waals surface area contributed by atoms with E-state index in [9.17, 15) is 0 Å². The lowest BCUT2D eigenvalue weighted by molar-refractivity contribution is 0.683. The average molecular weight is 59.1 g/mol. The van der Waals surface area contributed by atoms with Gasteiger partial charge in [-0.1, -0.05) is 6.92 Å². The third kappa shape index (κ3) is 1.67. The van der Waals surface area contributed by atoms with E-state index in [0.717, 1.165) is 12.7 Å². The van der Waals surface area contributed by atoms with Gasteiger partial charge in [-0.15, -0.1) is 0 Å². The summed E-state index contributed by atoms with van der Waals surface area (Å²) in [5.74, 6) is 0. The van der Waals surface area contributed by atoms with E-state index < -0.39 is 0 Å². The molecule has 0 bridgehead atoms. The molecule has 0 heterocycles. The molecule has 0 fully saturated rings. The fourth-order valence-corrected chi connectivity index (χ4v) is 0. The highest BCUT2D eigenvalue weighted by molar-refractivity contribution is 5.49. The third-order valence-electron chi connectivity index (χ3n) is 0.183. The first-order chi connectivity index (χ1) is 1.91. The van der Waals surface area contributed by atoms with E-state index in [1.54, 1.807) is 0 Å². The molecule has 0 aromatic heterocycles. The molecule has 0 spiro atoms. The van der Waals surface area contributed by atoms with Gasteiger partial charge in [0, 0.05) is 0 Å². The van der Waals surface area contributed by atoms with Crippen molar-refractivity contribution in [3.63, 3.8) is 0 Å². The predicted molar refractivity (Wildman–Crippen MR) is 18.3 cm³/mol. The molecule has 24 valence electrons. The van der Waals surface area contributed by atoms with Crippen molar-refractivity contribution in [2.24, 2.45) is 0 Å². The highest BCUT2D eigenvalue weighted by atomic mass is 16.1. The fraction of sp³-hybridized carbons (Fsp3) is 0.667. The molecule has 1 N–H and O–H groups in total. The van der Waals surface area contributed by atoms with Crippen molar-refractivity contribution in [2.45, 2.75) is 13.3 Å². The molecule has 0 atom stereocenters. The SMILES string of the molecule is CCC=[OH+]. The first-order valence-electron chi connectivity index (χ1n) is 1.37. The van der Waals surface area contributed by atoms with Gasteiger partial charge in [-0.3, -0.25) is 4.79 Å². The van der Waals surface area contributed by atoms with E-state index in [2.05, 4.69) is 0 Å². The Balaban J connectivity index is 2.30. The maximum Gasteiger partial charge on any atom is 0.281 e. The van der Waals surface area contributed by atoms with Crippen molar-refractivity contribution in [2.75, 3.05) is 0 Å². The molecule has 0 saturated heterocycles. The Hall–Kier alpha value is -0.330. The molecular formula is C3H7O+. The van der Waals surface area contributed by atoms with Crippen molar-refractivity contribution in [1.29, 1.82) is 0 Å². The lowest BCUT2D eigenvalue weighted by Crippen LogP contribution is -1.56. The second-order valence-electron chi connectivity index (χ2n) is 0.591. The molecule has 0 aliphatic heterocycles. The summed E-state index contributed by atoms with van der Waals surface area (Å²) in [6.07, 6.45) is 1.88. The first kappa shape index (κ1) is 3.67. The summed E-state index contributed by atoms with van der Waals surface area (Å²) in [6, 6.07) is 0. The van der Waals surface area contributed by atoms with E-state index in [1.165, 1.54) is 0 Å². The third-order valence-corrected chi connectivity index (χ3v) is 0.183. The van der Waals surface area contributed by atoms with Crippen molar-refractivity contribution >= 4 is 6.29 Å². The smallest absolute Gasteiger partial charge is 0.281 e. The first-order valence-corrected chi connectivity index (χ1v) is 1.37. The van der Waals surface area contributed by atoms with Gasteiger partial charge in [0.05, 0.1) is 6.42 Å². The Labute approximate surface area is 25.6 Å². The van der Waals surface area contributed by atoms with Crippen LogP contribution in [0.4, 0.5) is 0 Å². The van der Waals surface area contributed by atoms with Crippen molar-refractivity contribution in [3.8, 4) is 0 Å². The van der Waals surface area contributed by atoms with Crippen LogP contribution in [0, 0.1) is 0 Å². The molecule has 1 heteroatoms. The normalized spacial score (nSPS) is 6.25. The van der Waals surface area contributed by atoms with Gasteiger partial charge in [-0.05, 0) is 0 Å². The number of aldehydes is 1. The van der Waals surface area contributed by atoms with Crippen LogP contribution in [0.3, 0.4) is 0 Å². The molecular weight excluding hydrogens is 52.0 g/mol. The summed E-state index contributed by atoms with van der Waals surface area (Å²) in [6.45, 7) is 1.88. The van der Waals surface area contributed by atoms with Gasteiger partial charge in [-0.25, -0.2) is 0 Å². The van der Waals surface area contributed by atoms with Gasteiger partial charge < -0.3 is 0 Å². The molecule has 4 heavy (non-hydrogen) atoms. The number of hydrogen-bond donors (Lipinski definition) is 0. The largest absolute Gasteiger partial charge is 0.287 e. The molecule has 0 radical (unpaired) electrons. The van der Waals surface area contributed by atoms with Crippen molar-refractivity contribution in [1.82, 2.24) is 0 Å². The van der Waals surface area contributed by atoms with Crippen LogP contribution in [0.25, 0.3) is 0 Å². The van der Waals surface area contributed by atoms with Crippen LogP contribution in [0.15, 0.2) is 0 Å². The average Bonchev–Trinajstić information content (AvgIpc) is 1.37. The highest BCUT2D eigenvalue weighted by Gasteiger charge is 1.60. The summed E-state index contributed by atoms with van der Waals surface area (Å²) < 4.78 is 0. The van der Waals surface area contributed by atoms with Gasteiger partial charge in [-0.2, -0.15) is 0 Å². The zero-order valence-corrected chi connectivity index (χ0v) is 2.73. The van der Waals surface area contributed by atoms with Gasteiger partial charge in [0.15, 0.2) is 0 Å². The van der Waals surface area contributed by atoms with Gasteiger partial charge in [0.25, 0.3) is 6.29 Å². The van der Waals surface area contributed by atoms with Crippen LogP contribution in [-0.2, 0) is 0 Å². The Morgan fingerprint density at radius 2 is 2.25 bits per heavy atom. The number of carbonyl (C=O) groups excluding carboxylic acids is 1. The predicted octanol–water partition coefficient (Wildman–Crippen LogP) is 0.571. The highest BCUT2D eigenvalue weighted by Crippen LogP contribution is 1.52. The van der Waals surface area contributed by atoms with Crippen LogP contribution in [0.1, 0.15) is 13.3 Å². The summed E-state index contributed by atoms with van der Waals surface area (Å²) >= 11 is 0. The molecule has 0 aliphatic carbocycles. The van der Waals surface area contributed by atoms with Crippen LogP contribution in [-0.4, -0.2) is 11.1 Å². The second-order valence-corrected chi connectivity index (χ2v) is 0.591. The standard InChI is InChI=1S/C3H6O/c1-2-3-4/h3H,2H2,1H3/p+1. The minimum absolute atomic E-state index is 0.750. The monoisotopic (exact) mass is 59.0 g/mol. The fourth-order valence-electron chi connectivity index (χ4n) is 0. The summed E-state index contributed by atoms with van der Waals surface area (Å²) in [5, 5.41) is 0. The minimum Gasteiger partial charge on any atom is -0.287 e. The molecule has 0 aliphatic rings.